The number of ether oxygens (including phenoxy) is 2. The molecule has 0 saturated carbocycles. The Morgan fingerprint density at radius 1 is 0.656 bits per heavy atom. The van der Waals surface area contributed by atoms with Crippen LogP contribution in [0, 0.1) is 0 Å². The van der Waals surface area contributed by atoms with Crippen molar-refractivity contribution in [3.63, 3.8) is 0 Å². The number of nitrogens with two attached hydrogens (primary N) is 2. The number of anilines is 2. The first-order valence-electron chi connectivity index (χ1n) is 10.5. The van der Waals surface area contributed by atoms with E-state index in [9.17, 15) is 9.59 Å². The minimum atomic E-state index is -0.568. The van der Waals surface area contributed by atoms with Crippen LogP contribution in [0.15, 0.2) is 60.7 Å². The lowest BCUT2D eigenvalue weighted by molar-refractivity contribution is 0.0732. The highest BCUT2D eigenvalue weighted by atomic mass is 16.5. The van der Waals surface area contributed by atoms with Gasteiger partial charge < -0.3 is 20.9 Å². The van der Waals surface area contributed by atoms with Gasteiger partial charge in [-0.1, -0.05) is 33.8 Å². The fourth-order valence-electron chi connectivity index (χ4n) is 3.31. The third-order valence-electron chi connectivity index (χ3n) is 5.05. The molecule has 0 aliphatic heterocycles. The number of carbonyl (C=O) groups is 2. The molecule has 32 heavy (non-hydrogen) atoms. The zero-order valence-electron chi connectivity index (χ0n) is 18.7. The first kappa shape index (κ1) is 22.9. The molecular weight excluding hydrogens is 404 g/mol. The molecule has 3 rings (SSSR count). The average molecular weight is 433 g/mol. The van der Waals surface area contributed by atoms with Crippen LogP contribution in [0.2, 0.25) is 0 Å². The molecule has 0 unspecified atom stereocenters. The summed E-state index contributed by atoms with van der Waals surface area (Å²) < 4.78 is 11.2. The second-order valence-electron chi connectivity index (χ2n) is 8.26. The molecule has 6 nitrogen and oxygen atoms in total. The van der Waals surface area contributed by atoms with Crippen LogP contribution in [0.3, 0.4) is 0 Å². The lowest BCUT2D eigenvalue weighted by atomic mass is 10.0. The maximum absolute atomic E-state index is 12.8. The van der Waals surface area contributed by atoms with E-state index in [4.69, 9.17) is 20.9 Å². The quantitative estimate of drug-likeness (QED) is 0.301. The van der Waals surface area contributed by atoms with Crippen molar-refractivity contribution in [3.05, 3.63) is 82.9 Å². The van der Waals surface area contributed by atoms with E-state index in [1.54, 1.807) is 54.6 Å². The number of rotatable bonds is 6. The van der Waals surface area contributed by atoms with E-state index in [1.807, 2.05) is 27.7 Å². The monoisotopic (exact) mass is 432 g/mol. The van der Waals surface area contributed by atoms with Crippen LogP contribution in [0.4, 0.5) is 11.4 Å². The van der Waals surface area contributed by atoms with E-state index in [-0.39, 0.29) is 23.0 Å². The van der Waals surface area contributed by atoms with E-state index in [0.717, 1.165) is 11.1 Å². The summed E-state index contributed by atoms with van der Waals surface area (Å²) in [5, 5.41) is 0. The Bertz CT molecular complexity index is 1070. The van der Waals surface area contributed by atoms with Gasteiger partial charge in [0.05, 0.1) is 11.1 Å². The predicted octanol–water partition coefficient (Wildman–Crippen LogP) is 5.54. The Morgan fingerprint density at radius 2 is 1.06 bits per heavy atom. The van der Waals surface area contributed by atoms with Crippen molar-refractivity contribution in [2.45, 2.75) is 39.5 Å². The second kappa shape index (κ2) is 9.56. The standard InChI is InChI=1S/C26H28N2O4/c1-15(2)21-13-19(27)8-10-23(21)31-25(29)17-6-5-7-18(12-17)26(30)32-24-11-9-20(28)14-22(24)16(3)4/h5-16H,27-28H2,1-4H3. The Hall–Kier alpha value is -3.80. The maximum atomic E-state index is 12.8. The van der Waals surface area contributed by atoms with Crippen LogP contribution >= 0.6 is 0 Å². The number of nitrogen functional groups attached to an aromatic ring is 2. The molecule has 0 heterocycles. The smallest absolute Gasteiger partial charge is 0.343 e. The zero-order valence-corrected chi connectivity index (χ0v) is 18.7. The molecule has 6 heteroatoms. The van der Waals surface area contributed by atoms with Crippen molar-refractivity contribution in [2.75, 3.05) is 11.5 Å². The van der Waals surface area contributed by atoms with Gasteiger partial charge in [-0.05, 0) is 77.6 Å². The topological polar surface area (TPSA) is 105 Å². The molecule has 0 saturated heterocycles. The van der Waals surface area contributed by atoms with E-state index < -0.39 is 11.9 Å². The Balaban J connectivity index is 1.82. The zero-order chi connectivity index (χ0) is 23.4. The molecule has 0 fully saturated rings. The van der Waals surface area contributed by atoms with Crippen LogP contribution in [0.1, 0.15) is 71.4 Å². The predicted molar refractivity (Wildman–Crippen MR) is 126 cm³/mol. The molecule has 3 aromatic carbocycles. The Kier molecular flexibility index (Phi) is 6.83. The van der Waals surface area contributed by atoms with Gasteiger partial charge in [0.2, 0.25) is 0 Å². The molecule has 3 aromatic rings. The normalized spacial score (nSPS) is 10.9. The van der Waals surface area contributed by atoms with Crippen molar-refractivity contribution >= 4 is 23.3 Å². The molecule has 0 atom stereocenters. The van der Waals surface area contributed by atoms with Gasteiger partial charge >= 0.3 is 11.9 Å². The summed E-state index contributed by atoms with van der Waals surface area (Å²) in [5.74, 6) is -0.00930. The number of carbonyl (C=O) groups excluding carboxylic acids is 2. The van der Waals surface area contributed by atoms with Crippen molar-refractivity contribution in [1.82, 2.24) is 0 Å². The lowest BCUT2D eigenvalue weighted by Gasteiger charge is -2.14. The molecule has 166 valence electrons. The fraction of sp³-hybridized carbons (Fsp3) is 0.231. The second-order valence-corrected chi connectivity index (χ2v) is 8.26. The first-order valence-corrected chi connectivity index (χ1v) is 10.5. The van der Waals surface area contributed by atoms with Crippen LogP contribution < -0.4 is 20.9 Å². The van der Waals surface area contributed by atoms with Crippen molar-refractivity contribution in [2.24, 2.45) is 0 Å². The van der Waals surface area contributed by atoms with Gasteiger partial charge in [0.25, 0.3) is 0 Å². The SMILES string of the molecule is CC(C)c1cc(N)ccc1OC(=O)c1cccc(C(=O)Oc2ccc(N)cc2C(C)C)c1. The Labute approximate surface area is 188 Å². The Morgan fingerprint density at radius 3 is 1.44 bits per heavy atom. The molecule has 0 amide bonds. The first-order chi connectivity index (χ1) is 15.2. The molecule has 0 aliphatic carbocycles. The van der Waals surface area contributed by atoms with Crippen LogP contribution in [-0.4, -0.2) is 11.9 Å². The largest absolute Gasteiger partial charge is 0.423 e. The fourth-order valence-corrected chi connectivity index (χ4v) is 3.31. The van der Waals surface area contributed by atoms with E-state index >= 15 is 0 Å². The highest BCUT2D eigenvalue weighted by Gasteiger charge is 2.18. The summed E-state index contributed by atoms with van der Waals surface area (Å²) in [6.07, 6.45) is 0. The van der Waals surface area contributed by atoms with Crippen LogP contribution in [-0.2, 0) is 0 Å². The van der Waals surface area contributed by atoms with Gasteiger partial charge in [-0.15, -0.1) is 0 Å². The lowest BCUT2D eigenvalue weighted by Crippen LogP contribution is -2.14. The molecule has 0 bridgehead atoms. The number of hydrogen-bond acceptors (Lipinski definition) is 6. The van der Waals surface area contributed by atoms with E-state index in [0.29, 0.717) is 22.9 Å². The summed E-state index contributed by atoms with van der Waals surface area (Å²) in [5.41, 5.74) is 15.1. The summed E-state index contributed by atoms with van der Waals surface area (Å²) in [4.78, 5) is 25.5. The van der Waals surface area contributed by atoms with Crippen molar-refractivity contribution in [3.8, 4) is 11.5 Å². The summed E-state index contributed by atoms with van der Waals surface area (Å²) >= 11 is 0. The maximum Gasteiger partial charge on any atom is 0.343 e. The summed E-state index contributed by atoms with van der Waals surface area (Å²) in [6, 6.07) is 16.6. The molecule has 0 aliphatic rings. The number of esters is 2. The average Bonchev–Trinajstić information content (AvgIpc) is 2.75. The highest BCUT2D eigenvalue weighted by molar-refractivity contribution is 5.97. The molecule has 0 radical (unpaired) electrons. The van der Waals surface area contributed by atoms with Crippen molar-refractivity contribution < 1.29 is 19.1 Å². The minimum Gasteiger partial charge on any atom is -0.423 e. The number of hydrogen-bond donors (Lipinski definition) is 2. The molecule has 4 N–H and O–H groups in total. The highest BCUT2D eigenvalue weighted by Crippen LogP contribution is 2.30. The third-order valence-corrected chi connectivity index (χ3v) is 5.05. The van der Waals surface area contributed by atoms with Gasteiger partial charge in [-0.25, -0.2) is 9.59 Å². The summed E-state index contributed by atoms with van der Waals surface area (Å²) in [7, 11) is 0. The van der Waals surface area contributed by atoms with Crippen LogP contribution in [0.5, 0.6) is 11.5 Å². The molecule has 0 aromatic heterocycles. The van der Waals surface area contributed by atoms with Gasteiger partial charge in [0.1, 0.15) is 11.5 Å². The van der Waals surface area contributed by atoms with Gasteiger partial charge in [0.15, 0.2) is 0 Å². The van der Waals surface area contributed by atoms with Crippen molar-refractivity contribution in [1.29, 1.82) is 0 Å². The summed E-state index contributed by atoms with van der Waals surface area (Å²) in [6.45, 7) is 7.97. The molecule has 0 spiro atoms. The third kappa shape index (κ3) is 5.27. The minimum absolute atomic E-state index is 0.123. The van der Waals surface area contributed by atoms with E-state index in [2.05, 4.69) is 0 Å². The molecular formula is C26H28N2O4. The van der Waals surface area contributed by atoms with Gasteiger partial charge in [-0.3, -0.25) is 0 Å². The van der Waals surface area contributed by atoms with Crippen LogP contribution in [0.25, 0.3) is 0 Å². The van der Waals surface area contributed by atoms with Gasteiger partial charge in [0, 0.05) is 11.4 Å². The van der Waals surface area contributed by atoms with Gasteiger partial charge in [-0.2, -0.15) is 0 Å². The van der Waals surface area contributed by atoms with E-state index in [1.165, 1.54) is 6.07 Å². The number of benzene rings is 3.